The number of hydrogen-bond donors (Lipinski definition) is 0. The summed E-state index contributed by atoms with van der Waals surface area (Å²) in [5.41, 5.74) is 1.11. The van der Waals surface area contributed by atoms with Gasteiger partial charge in [-0.3, -0.25) is 10.1 Å². The molecular formula is C18H14N2O6. The summed E-state index contributed by atoms with van der Waals surface area (Å²) < 4.78 is 15.7. The van der Waals surface area contributed by atoms with Gasteiger partial charge in [0.05, 0.1) is 24.7 Å². The third-order valence-corrected chi connectivity index (χ3v) is 3.66. The van der Waals surface area contributed by atoms with Crippen LogP contribution in [0, 0.1) is 10.1 Å². The van der Waals surface area contributed by atoms with Gasteiger partial charge in [-0.15, -0.1) is 0 Å². The number of carbonyl (C=O) groups excluding carboxylic acids is 1. The van der Waals surface area contributed by atoms with Gasteiger partial charge in [0, 0.05) is 12.1 Å². The standard InChI is InChI=1S/C18H14N2O6/c1-24-13-7-8-16(25-2)14(10-13)17-19-15(18(21)26-17)9-11-3-5-12(6-4-11)20(22)23/h3-10H,1-2H3/b15-9-. The topological polar surface area (TPSA) is 100 Å². The summed E-state index contributed by atoms with van der Waals surface area (Å²) in [6.45, 7) is 0. The van der Waals surface area contributed by atoms with E-state index in [1.54, 1.807) is 18.2 Å². The smallest absolute Gasteiger partial charge is 0.363 e. The second kappa shape index (κ2) is 7.06. The minimum absolute atomic E-state index is 0.0357. The number of esters is 1. The molecule has 0 amide bonds. The van der Waals surface area contributed by atoms with Crippen molar-refractivity contribution in [1.82, 2.24) is 0 Å². The fraction of sp³-hybridized carbons (Fsp3) is 0.111. The second-order valence-electron chi connectivity index (χ2n) is 5.25. The fourth-order valence-electron chi connectivity index (χ4n) is 2.36. The minimum atomic E-state index is -0.622. The molecule has 8 heteroatoms. The lowest BCUT2D eigenvalue weighted by molar-refractivity contribution is -0.384. The molecule has 1 heterocycles. The Morgan fingerprint density at radius 3 is 2.46 bits per heavy atom. The summed E-state index contributed by atoms with van der Waals surface area (Å²) in [7, 11) is 3.02. The lowest BCUT2D eigenvalue weighted by Gasteiger charge is -2.08. The number of non-ortho nitro benzene ring substituents is 1. The van der Waals surface area contributed by atoms with E-state index in [1.807, 2.05) is 0 Å². The van der Waals surface area contributed by atoms with Crippen molar-refractivity contribution >= 4 is 23.6 Å². The first-order valence-electron chi connectivity index (χ1n) is 7.51. The number of methoxy groups -OCH3 is 2. The van der Waals surface area contributed by atoms with E-state index < -0.39 is 10.9 Å². The molecule has 0 unspecified atom stereocenters. The minimum Gasteiger partial charge on any atom is -0.497 e. The lowest BCUT2D eigenvalue weighted by Crippen LogP contribution is -2.07. The molecular weight excluding hydrogens is 340 g/mol. The van der Waals surface area contributed by atoms with E-state index in [0.29, 0.717) is 22.6 Å². The molecule has 0 aliphatic carbocycles. The Kier molecular flexibility index (Phi) is 4.66. The molecule has 2 aromatic rings. The van der Waals surface area contributed by atoms with E-state index in [4.69, 9.17) is 14.2 Å². The number of nitro benzene ring substituents is 1. The van der Waals surface area contributed by atoms with E-state index >= 15 is 0 Å². The Labute approximate surface area is 148 Å². The first kappa shape index (κ1) is 17.2. The Balaban J connectivity index is 1.95. The van der Waals surface area contributed by atoms with Gasteiger partial charge in [0.15, 0.2) is 5.70 Å². The predicted molar refractivity (Wildman–Crippen MR) is 93.2 cm³/mol. The highest BCUT2D eigenvalue weighted by Gasteiger charge is 2.26. The van der Waals surface area contributed by atoms with Crippen LogP contribution in [0.15, 0.2) is 53.2 Å². The van der Waals surface area contributed by atoms with Crippen LogP contribution in [0.1, 0.15) is 11.1 Å². The molecule has 26 heavy (non-hydrogen) atoms. The Morgan fingerprint density at radius 2 is 1.85 bits per heavy atom. The van der Waals surface area contributed by atoms with Crippen LogP contribution in [-0.2, 0) is 9.53 Å². The van der Waals surface area contributed by atoms with Crippen LogP contribution < -0.4 is 9.47 Å². The number of hydrogen-bond acceptors (Lipinski definition) is 7. The SMILES string of the molecule is COc1ccc(OC)c(C2=N/C(=C\c3ccc([N+](=O)[O-])cc3)C(=O)O2)c1. The molecule has 0 saturated heterocycles. The zero-order chi connectivity index (χ0) is 18.7. The van der Waals surface area contributed by atoms with Crippen LogP contribution in [0.4, 0.5) is 5.69 Å². The molecule has 3 rings (SSSR count). The molecule has 0 atom stereocenters. The Bertz CT molecular complexity index is 931. The summed E-state index contributed by atoms with van der Waals surface area (Å²) in [5.74, 6) is 0.517. The van der Waals surface area contributed by atoms with E-state index in [-0.39, 0.29) is 17.3 Å². The maximum Gasteiger partial charge on any atom is 0.363 e. The van der Waals surface area contributed by atoms with Crippen molar-refractivity contribution in [1.29, 1.82) is 0 Å². The quantitative estimate of drug-likeness (QED) is 0.354. The van der Waals surface area contributed by atoms with E-state index in [1.165, 1.54) is 44.6 Å². The normalized spacial score (nSPS) is 14.8. The van der Waals surface area contributed by atoms with Crippen molar-refractivity contribution in [3.63, 3.8) is 0 Å². The van der Waals surface area contributed by atoms with Gasteiger partial charge < -0.3 is 14.2 Å². The van der Waals surface area contributed by atoms with E-state index in [0.717, 1.165) is 0 Å². The van der Waals surface area contributed by atoms with Gasteiger partial charge in [-0.1, -0.05) is 0 Å². The summed E-state index contributed by atoms with van der Waals surface area (Å²) in [4.78, 5) is 26.5. The number of cyclic esters (lactones) is 1. The highest BCUT2D eigenvalue weighted by atomic mass is 16.6. The summed E-state index contributed by atoms with van der Waals surface area (Å²) >= 11 is 0. The summed E-state index contributed by atoms with van der Waals surface area (Å²) in [5, 5.41) is 10.7. The molecule has 0 spiro atoms. The molecule has 0 N–H and O–H groups in total. The van der Waals surface area contributed by atoms with Crippen molar-refractivity contribution in [2.45, 2.75) is 0 Å². The first-order valence-corrected chi connectivity index (χ1v) is 7.51. The van der Waals surface area contributed by atoms with Crippen LogP contribution in [0.3, 0.4) is 0 Å². The van der Waals surface area contributed by atoms with Crippen molar-refractivity contribution in [2.75, 3.05) is 14.2 Å². The Morgan fingerprint density at radius 1 is 1.12 bits per heavy atom. The largest absolute Gasteiger partial charge is 0.497 e. The molecule has 0 aromatic heterocycles. The van der Waals surface area contributed by atoms with E-state index in [2.05, 4.69) is 4.99 Å². The zero-order valence-corrected chi connectivity index (χ0v) is 14.0. The molecule has 0 fully saturated rings. The lowest BCUT2D eigenvalue weighted by atomic mass is 10.1. The molecule has 0 radical (unpaired) electrons. The zero-order valence-electron chi connectivity index (χ0n) is 14.0. The fourth-order valence-corrected chi connectivity index (χ4v) is 2.36. The molecule has 8 nitrogen and oxygen atoms in total. The van der Waals surface area contributed by atoms with Crippen molar-refractivity contribution < 1.29 is 23.9 Å². The van der Waals surface area contributed by atoms with Crippen LogP contribution in [0.5, 0.6) is 11.5 Å². The number of carbonyl (C=O) groups is 1. The molecule has 1 aliphatic rings. The average Bonchev–Trinajstić information content (AvgIpc) is 3.02. The molecule has 0 saturated carbocycles. The highest BCUT2D eigenvalue weighted by molar-refractivity contribution is 6.14. The van der Waals surface area contributed by atoms with Crippen molar-refractivity contribution in [2.24, 2.45) is 4.99 Å². The number of benzene rings is 2. The van der Waals surface area contributed by atoms with Crippen LogP contribution in [0.25, 0.3) is 6.08 Å². The van der Waals surface area contributed by atoms with Crippen molar-refractivity contribution in [3.8, 4) is 11.5 Å². The average molecular weight is 354 g/mol. The van der Waals surface area contributed by atoms with Crippen molar-refractivity contribution in [3.05, 3.63) is 69.4 Å². The van der Waals surface area contributed by atoms with Gasteiger partial charge in [0.1, 0.15) is 11.5 Å². The van der Waals surface area contributed by atoms with Crippen LogP contribution in [-0.4, -0.2) is 31.0 Å². The summed E-state index contributed by atoms with van der Waals surface area (Å²) in [6.07, 6.45) is 1.49. The first-order chi connectivity index (χ1) is 12.5. The molecule has 132 valence electrons. The van der Waals surface area contributed by atoms with Gasteiger partial charge in [-0.2, -0.15) is 0 Å². The number of nitrogens with zero attached hydrogens (tertiary/aromatic N) is 2. The van der Waals surface area contributed by atoms with Gasteiger partial charge in [0.25, 0.3) is 5.69 Å². The maximum absolute atomic E-state index is 12.1. The molecule has 1 aliphatic heterocycles. The number of rotatable bonds is 5. The number of aliphatic imine (C=N–C) groups is 1. The van der Waals surface area contributed by atoms with Crippen LogP contribution >= 0.6 is 0 Å². The maximum atomic E-state index is 12.1. The van der Waals surface area contributed by atoms with Gasteiger partial charge in [-0.25, -0.2) is 9.79 Å². The monoisotopic (exact) mass is 354 g/mol. The summed E-state index contributed by atoms with van der Waals surface area (Å²) in [6, 6.07) is 10.8. The molecule has 0 bridgehead atoms. The van der Waals surface area contributed by atoms with Gasteiger partial charge >= 0.3 is 5.97 Å². The Hall–Kier alpha value is -3.68. The second-order valence-corrected chi connectivity index (χ2v) is 5.25. The van der Waals surface area contributed by atoms with Gasteiger partial charge in [0.2, 0.25) is 5.90 Å². The molecule has 2 aromatic carbocycles. The third kappa shape index (κ3) is 3.39. The van der Waals surface area contributed by atoms with Gasteiger partial charge in [-0.05, 0) is 42.0 Å². The highest BCUT2D eigenvalue weighted by Crippen LogP contribution is 2.28. The van der Waals surface area contributed by atoms with E-state index in [9.17, 15) is 14.9 Å². The number of ether oxygens (including phenoxy) is 3. The number of nitro groups is 1. The predicted octanol–water partition coefficient (Wildman–Crippen LogP) is 2.96. The third-order valence-electron chi connectivity index (χ3n) is 3.66. The van der Waals surface area contributed by atoms with Crippen LogP contribution in [0.2, 0.25) is 0 Å².